The maximum absolute atomic E-state index is 10.7. The van der Waals surface area contributed by atoms with Crippen LogP contribution in [0.5, 0.6) is 5.75 Å². The third-order valence-electron chi connectivity index (χ3n) is 2.05. The SMILES string of the molecule is COc1ccc2cc(C(=O)O)cn2c1. The Hall–Kier alpha value is -1.97. The predicted molar refractivity (Wildman–Crippen MR) is 50.9 cm³/mol. The maximum atomic E-state index is 10.7. The van der Waals surface area contributed by atoms with Gasteiger partial charge < -0.3 is 14.2 Å². The minimum Gasteiger partial charge on any atom is -0.495 e. The molecule has 0 bridgehead atoms. The number of pyridine rings is 1. The first-order chi connectivity index (χ1) is 6.70. The van der Waals surface area contributed by atoms with Crippen LogP contribution in [0.4, 0.5) is 0 Å². The summed E-state index contributed by atoms with van der Waals surface area (Å²) in [5.74, 6) is -0.224. The quantitative estimate of drug-likeness (QED) is 0.785. The lowest BCUT2D eigenvalue weighted by Gasteiger charge is -1.99. The van der Waals surface area contributed by atoms with E-state index >= 15 is 0 Å². The summed E-state index contributed by atoms with van der Waals surface area (Å²) in [6.07, 6.45) is 3.29. The highest BCUT2D eigenvalue weighted by molar-refractivity contribution is 5.89. The molecule has 2 heterocycles. The number of nitrogens with zero attached hydrogens (tertiary/aromatic N) is 1. The van der Waals surface area contributed by atoms with Gasteiger partial charge in [0.15, 0.2) is 0 Å². The molecule has 0 saturated heterocycles. The molecule has 2 aromatic heterocycles. The van der Waals surface area contributed by atoms with Crippen LogP contribution in [0.25, 0.3) is 5.52 Å². The van der Waals surface area contributed by atoms with Gasteiger partial charge in [-0.2, -0.15) is 0 Å². The van der Waals surface area contributed by atoms with E-state index in [1.165, 1.54) is 0 Å². The van der Waals surface area contributed by atoms with Crippen molar-refractivity contribution in [2.24, 2.45) is 0 Å². The molecular weight excluding hydrogens is 182 g/mol. The van der Waals surface area contributed by atoms with Gasteiger partial charge in [-0.15, -0.1) is 0 Å². The first kappa shape index (κ1) is 8.62. The Morgan fingerprint density at radius 2 is 2.21 bits per heavy atom. The minimum absolute atomic E-state index is 0.276. The normalized spacial score (nSPS) is 10.4. The number of carboxylic acid groups (broad SMARTS) is 1. The Morgan fingerprint density at radius 1 is 1.43 bits per heavy atom. The van der Waals surface area contributed by atoms with Gasteiger partial charge in [-0.1, -0.05) is 0 Å². The molecule has 0 saturated carbocycles. The molecule has 0 amide bonds. The number of fused-ring (bicyclic) bond motifs is 1. The standard InChI is InChI=1S/C10H9NO3/c1-14-9-3-2-8-4-7(10(12)13)5-11(8)6-9/h2-6H,1H3,(H,12,13). The molecule has 0 aliphatic rings. The number of hydrogen-bond acceptors (Lipinski definition) is 2. The van der Waals surface area contributed by atoms with Gasteiger partial charge >= 0.3 is 5.97 Å². The van der Waals surface area contributed by atoms with Crippen LogP contribution in [0.2, 0.25) is 0 Å². The van der Waals surface area contributed by atoms with Crippen molar-refractivity contribution in [3.63, 3.8) is 0 Å². The number of aromatic nitrogens is 1. The molecule has 0 unspecified atom stereocenters. The molecule has 1 N–H and O–H groups in total. The first-order valence-corrected chi connectivity index (χ1v) is 4.10. The van der Waals surface area contributed by atoms with Gasteiger partial charge in [-0.25, -0.2) is 4.79 Å². The number of methoxy groups -OCH3 is 1. The summed E-state index contributed by atoms with van der Waals surface area (Å²) in [7, 11) is 1.57. The monoisotopic (exact) mass is 191 g/mol. The minimum atomic E-state index is -0.923. The first-order valence-electron chi connectivity index (χ1n) is 4.10. The van der Waals surface area contributed by atoms with Crippen LogP contribution < -0.4 is 4.74 Å². The van der Waals surface area contributed by atoms with E-state index in [1.54, 1.807) is 36.0 Å². The van der Waals surface area contributed by atoms with Crippen LogP contribution in [0.15, 0.2) is 30.6 Å². The predicted octanol–water partition coefficient (Wildman–Crippen LogP) is 1.65. The molecule has 0 aromatic carbocycles. The Labute approximate surface area is 80.3 Å². The number of ether oxygens (including phenoxy) is 1. The van der Waals surface area contributed by atoms with E-state index in [0.717, 1.165) is 5.52 Å². The zero-order valence-corrected chi connectivity index (χ0v) is 7.60. The van der Waals surface area contributed by atoms with Gasteiger partial charge in [-0.3, -0.25) is 0 Å². The zero-order chi connectivity index (χ0) is 10.1. The van der Waals surface area contributed by atoms with Crippen molar-refractivity contribution < 1.29 is 14.6 Å². The van der Waals surface area contributed by atoms with Crippen molar-refractivity contribution in [2.75, 3.05) is 7.11 Å². The number of rotatable bonds is 2. The highest BCUT2D eigenvalue weighted by Gasteiger charge is 2.06. The fourth-order valence-electron chi connectivity index (χ4n) is 1.33. The fourth-order valence-corrected chi connectivity index (χ4v) is 1.33. The highest BCUT2D eigenvalue weighted by atomic mass is 16.5. The van der Waals surface area contributed by atoms with Gasteiger partial charge in [0, 0.05) is 11.7 Å². The molecule has 4 nitrogen and oxygen atoms in total. The van der Waals surface area contributed by atoms with Crippen molar-refractivity contribution in [3.8, 4) is 5.75 Å². The Bertz CT molecular complexity index is 487. The fraction of sp³-hybridized carbons (Fsp3) is 0.100. The number of hydrogen-bond donors (Lipinski definition) is 1. The number of carboxylic acids is 1. The maximum Gasteiger partial charge on any atom is 0.337 e. The summed E-state index contributed by atoms with van der Waals surface area (Å²) in [6, 6.07) is 5.22. The van der Waals surface area contributed by atoms with Crippen LogP contribution in [-0.4, -0.2) is 22.6 Å². The Morgan fingerprint density at radius 3 is 2.86 bits per heavy atom. The molecule has 0 atom stereocenters. The number of carbonyl (C=O) groups is 1. The van der Waals surface area contributed by atoms with Crippen molar-refractivity contribution in [3.05, 3.63) is 36.2 Å². The van der Waals surface area contributed by atoms with E-state index in [4.69, 9.17) is 9.84 Å². The summed E-state index contributed by atoms with van der Waals surface area (Å²) in [4.78, 5) is 10.7. The second-order valence-corrected chi connectivity index (χ2v) is 2.93. The van der Waals surface area contributed by atoms with E-state index in [0.29, 0.717) is 5.75 Å². The van der Waals surface area contributed by atoms with Gasteiger partial charge in [0.2, 0.25) is 0 Å². The molecular formula is C10H9NO3. The zero-order valence-electron chi connectivity index (χ0n) is 7.60. The van der Waals surface area contributed by atoms with Crippen LogP contribution in [0.1, 0.15) is 10.4 Å². The van der Waals surface area contributed by atoms with Crippen LogP contribution >= 0.6 is 0 Å². The third kappa shape index (κ3) is 1.31. The molecule has 0 aliphatic heterocycles. The largest absolute Gasteiger partial charge is 0.495 e. The van der Waals surface area contributed by atoms with Gasteiger partial charge in [-0.05, 0) is 18.2 Å². The van der Waals surface area contributed by atoms with Crippen molar-refractivity contribution >= 4 is 11.5 Å². The molecule has 0 radical (unpaired) electrons. The summed E-state index contributed by atoms with van der Waals surface area (Å²) in [6.45, 7) is 0. The van der Waals surface area contributed by atoms with Crippen molar-refractivity contribution in [1.82, 2.24) is 4.40 Å². The van der Waals surface area contributed by atoms with Gasteiger partial charge in [0.05, 0.1) is 18.9 Å². The second-order valence-electron chi connectivity index (χ2n) is 2.93. The molecule has 2 rings (SSSR count). The topological polar surface area (TPSA) is 50.9 Å². The highest BCUT2D eigenvalue weighted by Crippen LogP contribution is 2.15. The molecule has 4 heteroatoms. The Kier molecular flexibility index (Phi) is 1.89. The number of aromatic carboxylic acids is 1. The van der Waals surface area contributed by atoms with Crippen molar-refractivity contribution in [1.29, 1.82) is 0 Å². The van der Waals surface area contributed by atoms with E-state index in [1.807, 2.05) is 6.07 Å². The average Bonchev–Trinajstić information content (AvgIpc) is 2.59. The lowest BCUT2D eigenvalue weighted by molar-refractivity contribution is 0.0697. The molecule has 0 spiro atoms. The van der Waals surface area contributed by atoms with Crippen LogP contribution in [0, 0.1) is 0 Å². The van der Waals surface area contributed by atoms with Gasteiger partial charge in [0.25, 0.3) is 0 Å². The average molecular weight is 191 g/mol. The molecule has 2 aromatic rings. The van der Waals surface area contributed by atoms with E-state index < -0.39 is 5.97 Å². The summed E-state index contributed by atoms with van der Waals surface area (Å²) < 4.78 is 6.75. The van der Waals surface area contributed by atoms with E-state index in [9.17, 15) is 4.79 Å². The molecule has 72 valence electrons. The molecule has 14 heavy (non-hydrogen) atoms. The lowest BCUT2D eigenvalue weighted by atomic mass is 10.3. The van der Waals surface area contributed by atoms with Gasteiger partial charge in [0.1, 0.15) is 5.75 Å². The van der Waals surface area contributed by atoms with E-state index in [2.05, 4.69) is 0 Å². The molecule has 0 fully saturated rings. The summed E-state index contributed by atoms with van der Waals surface area (Å²) in [5.41, 5.74) is 1.11. The van der Waals surface area contributed by atoms with Crippen molar-refractivity contribution in [2.45, 2.75) is 0 Å². The lowest BCUT2D eigenvalue weighted by Crippen LogP contribution is -1.92. The van der Waals surface area contributed by atoms with Crippen LogP contribution in [0.3, 0.4) is 0 Å². The van der Waals surface area contributed by atoms with Crippen LogP contribution in [-0.2, 0) is 0 Å². The second kappa shape index (κ2) is 3.06. The summed E-state index contributed by atoms with van der Waals surface area (Å²) >= 11 is 0. The molecule has 0 aliphatic carbocycles. The smallest absolute Gasteiger partial charge is 0.337 e. The Balaban J connectivity index is 2.60. The van der Waals surface area contributed by atoms with E-state index in [-0.39, 0.29) is 5.56 Å². The summed E-state index contributed by atoms with van der Waals surface area (Å²) in [5, 5.41) is 8.77. The third-order valence-corrected chi connectivity index (χ3v) is 2.05.